The van der Waals surface area contributed by atoms with Gasteiger partial charge in [-0.05, 0) is 71.3 Å². The number of methoxy groups -OCH3 is 1. The molecule has 1 saturated heterocycles. The van der Waals surface area contributed by atoms with E-state index in [0.29, 0.717) is 27.8 Å². The minimum absolute atomic E-state index is 0.171. The van der Waals surface area contributed by atoms with Gasteiger partial charge in [0.2, 0.25) is 5.91 Å². The minimum Gasteiger partial charge on any atom is -0.495 e. The lowest BCUT2D eigenvalue weighted by Crippen LogP contribution is -2.36. The number of amides is 4. The third-order valence-corrected chi connectivity index (χ3v) is 7.22. The zero-order chi connectivity index (χ0) is 29.5. The molecule has 1 heterocycles. The highest BCUT2D eigenvalue weighted by molar-refractivity contribution is 8.18. The molecular formula is C30H28ClN3O6S. The lowest BCUT2D eigenvalue weighted by molar-refractivity contribution is -0.127. The molecular weight excluding hydrogens is 566 g/mol. The van der Waals surface area contributed by atoms with E-state index in [4.69, 9.17) is 21.1 Å². The average Bonchev–Trinajstić information content (AvgIpc) is 3.20. The largest absolute Gasteiger partial charge is 0.495 e. The van der Waals surface area contributed by atoms with Gasteiger partial charge in [-0.2, -0.15) is 0 Å². The summed E-state index contributed by atoms with van der Waals surface area (Å²) >= 11 is 6.83. The maximum atomic E-state index is 12.8. The molecule has 2 N–H and O–H groups in total. The number of thioether (sulfide) groups is 1. The van der Waals surface area contributed by atoms with Crippen molar-refractivity contribution < 1.29 is 28.7 Å². The van der Waals surface area contributed by atoms with Crippen LogP contribution in [0.1, 0.15) is 30.9 Å². The number of nitrogens with zero attached hydrogens (tertiary/aromatic N) is 1. The van der Waals surface area contributed by atoms with Crippen molar-refractivity contribution in [1.82, 2.24) is 4.90 Å². The molecule has 0 spiro atoms. The van der Waals surface area contributed by atoms with E-state index in [9.17, 15) is 19.2 Å². The number of anilines is 2. The lowest BCUT2D eigenvalue weighted by atomic mass is 10.0. The molecule has 0 saturated carbocycles. The van der Waals surface area contributed by atoms with Crippen molar-refractivity contribution >= 4 is 63.8 Å². The Balaban J connectivity index is 1.31. The predicted octanol–water partition coefficient (Wildman–Crippen LogP) is 6.16. The highest BCUT2D eigenvalue weighted by atomic mass is 35.5. The second-order valence-corrected chi connectivity index (χ2v) is 10.7. The number of benzene rings is 3. The maximum absolute atomic E-state index is 12.8. The molecule has 3 aromatic carbocycles. The summed E-state index contributed by atoms with van der Waals surface area (Å²) in [6, 6.07) is 19.1. The molecule has 0 unspecified atom stereocenters. The van der Waals surface area contributed by atoms with Gasteiger partial charge in [0, 0.05) is 11.4 Å². The molecule has 4 rings (SSSR count). The van der Waals surface area contributed by atoms with Crippen molar-refractivity contribution in [1.29, 1.82) is 0 Å². The van der Waals surface area contributed by atoms with E-state index < -0.39 is 23.6 Å². The lowest BCUT2D eigenvalue weighted by Gasteiger charge is -2.14. The number of carbonyl (C=O) groups excluding carboxylic acids is 4. The van der Waals surface area contributed by atoms with Gasteiger partial charge in [0.1, 0.15) is 18.0 Å². The number of hydrogen-bond acceptors (Lipinski definition) is 7. The Labute approximate surface area is 246 Å². The number of ether oxygens (including phenoxy) is 2. The zero-order valence-corrected chi connectivity index (χ0v) is 24.2. The number of imide groups is 1. The summed E-state index contributed by atoms with van der Waals surface area (Å²) in [5, 5.41) is 5.26. The molecule has 11 heteroatoms. The van der Waals surface area contributed by atoms with Gasteiger partial charge in [-0.15, -0.1) is 0 Å². The summed E-state index contributed by atoms with van der Waals surface area (Å²) in [5.41, 5.74) is 2.85. The molecule has 1 fully saturated rings. The van der Waals surface area contributed by atoms with Crippen LogP contribution in [0.15, 0.2) is 71.6 Å². The van der Waals surface area contributed by atoms with Gasteiger partial charge in [0.25, 0.3) is 17.1 Å². The van der Waals surface area contributed by atoms with Crippen molar-refractivity contribution in [2.75, 3.05) is 30.9 Å². The summed E-state index contributed by atoms with van der Waals surface area (Å²) in [4.78, 5) is 51.3. The molecule has 0 atom stereocenters. The van der Waals surface area contributed by atoms with Crippen LogP contribution in [0.5, 0.6) is 11.5 Å². The normalized spacial score (nSPS) is 14.0. The van der Waals surface area contributed by atoms with E-state index in [0.717, 1.165) is 27.9 Å². The van der Waals surface area contributed by atoms with E-state index in [1.807, 2.05) is 24.3 Å². The first-order valence-corrected chi connectivity index (χ1v) is 13.8. The molecule has 4 amide bonds. The fourth-order valence-corrected chi connectivity index (χ4v) is 5.08. The van der Waals surface area contributed by atoms with Crippen LogP contribution >= 0.6 is 23.4 Å². The molecule has 0 bridgehead atoms. The standard InChI is InChI=1S/C30H28ClN3O6S/c1-18(2)22-6-4-5-7-24(22)33-28(36)17-40-21-11-8-19(9-12-21)14-26-29(37)34(30(38)41-26)16-27(35)32-20-10-13-25(39-3)23(31)15-20/h4-15,18H,16-17H2,1-3H3,(H,32,35)(H,33,36)/b26-14+. The highest BCUT2D eigenvalue weighted by Gasteiger charge is 2.36. The monoisotopic (exact) mass is 593 g/mol. The smallest absolute Gasteiger partial charge is 0.294 e. The first kappa shape index (κ1) is 29.7. The Morgan fingerprint density at radius 3 is 2.41 bits per heavy atom. The summed E-state index contributed by atoms with van der Waals surface area (Å²) in [6.45, 7) is 3.50. The second kappa shape index (κ2) is 13.4. The first-order chi connectivity index (χ1) is 19.6. The van der Waals surface area contributed by atoms with Crippen LogP contribution < -0.4 is 20.1 Å². The maximum Gasteiger partial charge on any atom is 0.294 e. The Bertz CT molecular complexity index is 1510. The molecule has 1 aliphatic heterocycles. The first-order valence-electron chi connectivity index (χ1n) is 12.6. The molecule has 0 aliphatic carbocycles. The quantitative estimate of drug-likeness (QED) is 0.270. The summed E-state index contributed by atoms with van der Waals surface area (Å²) in [6.07, 6.45) is 1.56. The minimum atomic E-state index is -0.568. The van der Waals surface area contributed by atoms with E-state index in [1.165, 1.54) is 13.2 Å². The van der Waals surface area contributed by atoms with Gasteiger partial charge >= 0.3 is 0 Å². The van der Waals surface area contributed by atoms with Crippen molar-refractivity contribution in [2.45, 2.75) is 19.8 Å². The molecule has 9 nitrogen and oxygen atoms in total. The Kier molecular flexibility index (Phi) is 9.69. The number of carbonyl (C=O) groups is 4. The van der Waals surface area contributed by atoms with Crippen molar-refractivity contribution in [2.24, 2.45) is 0 Å². The van der Waals surface area contributed by atoms with Crippen LogP contribution in [0.2, 0.25) is 5.02 Å². The number of halogens is 1. The highest BCUT2D eigenvalue weighted by Crippen LogP contribution is 2.33. The van der Waals surface area contributed by atoms with Crippen molar-refractivity contribution in [3.05, 3.63) is 87.8 Å². The summed E-state index contributed by atoms with van der Waals surface area (Å²) in [7, 11) is 1.48. The molecule has 0 radical (unpaired) electrons. The van der Waals surface area contributed by atoms with Gasteiger partial charge in [0.15, 0.2) is 6.61 Å². The van der Waals surface area contributed by atoms with Gasteiger partial charge in [-0.25, -0.2) is 0 Å². The van der Waals surface area contributed by atoms with Crippen molar-refractivity contribution in [3.63, 3.8) is 0 Å². The number of nitrogens with one attached hydrogen (secondary N) is 2. The van der Waals surface area contributed by atoms with Crippen LogP contribution in [-0.4, -0.2) is 48.1 Å². The molecule has 3 aromatic rings. The van der Waals surface area contributed by atoms with E-state index >= 15 is 0 Å². The topological polar surface area (TPSA) is 114 Å². The van der Waals surface area contributed by atoms with Gasteiger partial charge in [0.05, 0.1) is 17.0 Å². The van der Waals surface area contributed by atoms with E-state index in [-0.39, 0.29) is 23.3 Å². The Morgan fingerprint density at radius 2 is 1.73 bits per heavy atom. The molecule has 0 aromatic heterocycles. The molecule has 41 heavy (non-hydrogen) atoms. The zero-order valence-electron chi connectivity index (χ0n) is 22.6. The third-order valence-electron chi connectivity index (χ3n) is 6.02. The summed E-state index contributed by atoms with van der Waals surface area (Å²) in [5.74, 6) is -0.214. The Morgan fingerprint density at radius 1 is 1.00 bits per heavy atom. The average molecular weight is 594 g/mol. The van der Waals surface area contributed by atoms with Crippen LogP contribution in [-0.2, 0) is 14.4 Å². The SMILES string of the molecule is COc1ccc(NC(=O)CN2C(=O)S/C(=C/c3ccc(OCC(=O)Nc4ccccc4C(C)C)cc3)C2=O)cc1Cl. The van der Waals surface area contributed by atoms with Crippen molar-refractivity contribution in [3.8, 4) is 11.5 Å². The second-order valence-electron chi connectivity index (χ2n) is 9.31. The number of hydrogen-bond donors (Lipinski definition) is 2. The van der Waals surface area contributed by atoms with Crippen LogP contribution in [0.3, 0.4) is 0 Å². The van der Waals surface area contributed by atoms with Gasteiger partial charge < -0.3 is 20.1 Å². The number of para-hydroxylation sites is 1. The predicted molar refractivity (Wildman–Crippen MR) is 160 cm³/mol. The van der Waals surface area contributed by atoms with Crippen LogP contribution in [0, 0.1) is 0 Å². The van der Waals surface area contributed by atoms with E-state index in [2.05, 4.69) is 24.5 Å². The molecule has 212 valence electrons. The third kappa shape index (κ3) is 7.68. The van der Waals surface area contributed by atoms with Gasteiger partial charge in [-0.3, -0.25) is 24.1 Å². The van der Waals surface area contributed by atoms with Gasteiger partial charge in [-0.1, -0.05) is 55.8 Å². The van der Waals surface area contributed by atoms with E-state index in [1.54, 1.807) is 42.5 Å². The summed E-state index contributed by atoms with van der Waals surface area (Å²) < 4.78 is 10.7. The Hall–Kier alpha value is -4.28. The fraction of sp³-hybridized carbons (Fsp3) is 0.200. The van der Waals surface area contributed by atoms with Crippen LogP contribution in [0.25, 0.3) is 6.08 Å². The fourth-order valence-electron chi connectivity index (χ4n) is 3.99. The molecule has 1 aliphatic rings. The van der Waals surface area contributed by atoms with Crippen LogP contribution in [0.4, 0.5) is 16.2 Å². The number of rotatable bonds is 10.